The van der Waals surface area contributed by atoms with Gasteiger partial charge < -0.3 is 4.42 Å². The number of aromatic nitrogens is 2. The molecule has 0 aliphatic rings. The SMILES string of the molecule is c1coc(-n2ncc3ccccc32)c1. The summed E-state index contributed by atoms with van der Waals surface area (Å²) in [4.78, 5) is 0. The van der Waals surface area contributed by atoms with Crippen molar-refractivity contribution < 1.29 is 4.42 Å². The summed E-state index contributed by atoms with van der Waals surface area (Å²) in [5, 5.41) is 5.38. The first-order chi connectivity index (χ1) is 6.95. The second-order valence-electron chi connectivity index (χ2n) is 3.07. The Morgan fingerprint density at radius 2 is 2.00 bits per heavy atom. The van der Waals surface area contributed by atoms with Gasteiger partial charge in [-0.2, -0.15) is 5.10 Å². The number of nitrogens with zero attached hydrogens (tertiary/aromatic N) is 2. The maximum absolute atomic E-state index is 5.29. The fraction of sp³-hybridized carbons (Fsp3) is 0. The molecule has 3 nitrogen and oxygen atoms in total. The molecule has 2 heterocycles. The highest BCUT2D eigenvalue weighted by Gasteiger charge is 2.04. The summed E-state index contributed by atoms with van der Waals surface area (Å²) in [7, 11) is 0. The normalized spacial score (nSPS) is 10.9. The van der Waals surface area contributed by atoms with Crippen LogP contribution in [-0.2, 0) is 0 Å². The first-order valence-electron chi connectivity index (χ1n) is 4.42. The van der Waals surface area contributed by atoms with Crippen molar-refractivity contribution in [2.45, 2.75) is 0 Å². The predicted octanol–water partition coefficient (Wildman–Crippen LogP) is 2.62. The van der Waals surface area contributed by atoms with Crippen LogP contribution in [0.3, 0.4) is 0 Å². The van der Waals surface area contributed by atoms with E-state index in [1.807, 2.05) is 42.6 Å². The minimum absolute atomic E-state index is 0.742. The van der Waals surface area contributed by atoms with Gasteiger partial charge in [-0.1, -0.05) is 18.2 Å². The molecular weight excluding hydrogens is 176 g/mol. The van der Waals surface area contributed by atoms with Crippen LogP contribution in [0, 0.1) is 0 Å². The van der Waals surface area contributed by atoms with Crippen LogP contribution in [0.1, 0.15) is 0 Å². The Balaban J connectivity index is 2.33. The zero-order chi connectivity index (χ0) is 9.38. The van der Waals surface area contributed by atoms with Gasteiger partial charge in [0, 0.05) is 11.5 Å². The van der Waals surface area contributed by atoms with Crippen LogP contribution in [0.5, 0.6) is 0 Å². The lowest BCUT2D eigenvalue weighted by Gasteiger charge is -1.96. The molecule has 68 valence electrons. The summed E-state index contributed by atoms with van der Waals surface area (Å²) in [6.07, 6.45) is 3.48. The van der Waals surface area contributed by atoms with E-state index in [9.17, 15) is 0 Å². The zero-order valence-electron chi connectivity index (χ0n) is 7.42. The van der Waals surface area contributed by atoms with Crippen LogP contribution in [0.4, 0.5) is 0 Å². The largest absolute Gasteiger partial charge is 0.447 e. The van der Waals surface area contributed by atoms with Crippen molar-refractivity contribution >= 4 is 10.9 Å². The van der Waals surface area contributed by atoms with Crippen LogP contribution in [0.2, 0.25) is 0 Å². The number of hydrogen-bond donors (Lipinski definition) is 0. The molecule has 0 amide bonds. The lowest BCUT2D eigenvalue weighted by molar-refractivity contribution is 0.527. The van der Waals surface area contributed by atoms with Crippen LogP contribution in [0.25, 0.3) is 16.8 Å². The first-order valence-corrected chi connectivity index (χ1v) is 4.42. The lowest BCUT2D eigenvalue weighted by atomic mass is 10.3. The fourth-order valence-corrected chi connectivity index (χ4v) is 1.54. The Morgan fingerprint density at radius 1 is 1.07 bits per heavy atom. The number of rotatable bonds is 1. The second-order valence-corrected chi connectivity index (χ2v) is 3.07. The van der Waals surface area contributed by atoms with Gasteiger partial charge in [0.15, 0.2) is 0 Å². The summed E-state index contributed by atoms with van der Waals surface area (Å²) < 4.78 is 7.07. The number of para-hydroxylation sites is 1. The lowest BCUT2D eigenvalue weighted by Crippen LogP contribution is -1.92. The minimum atomic E-state index is 0.742. The van der Waals surface area contributed by atoms with E-state index in [-0.39, 0.29) is 0 Å². The highest BCUT2D eigenvalue weighted by Crippen LogP contribution is 2.17. The number of hydrogen-bond acceptors (Lipinski definition) is 2. The molecule has 2 aromatic heterocycles. The molecule has 0 unspecified atom stereocenters. The third-order valence-electron chi connectivity index (χ3n) is 2.19. The van der Waals surface area contributed by atoms with Gasteiger partial charge in [-0.05, 0) is 12.1 Å². The Labute approximate surface area is 80.6 Å². The van der Waals surface area contributed by atoms with Crippen molar-refractivity contribution in [1.82, 2.24) is 9.78 Å². The number of benzene rings is 1. The molecule has 0 saturated carbocycles. The van der Waals surface area contributed by atoms with E-state index in [0.29, 0.717) is 0 Å². The van der Waals surface area contributed by atoms with Gasteiger partial charge >= 0.3 is 0 Å². The summed E-state index contributed by atoms with van der Waals surface area (Å²) in [5.41, 5.74) is 1.06. The maximum atomic E-state index is 5.29. The van der Waals surface area contributed by atoms with Crippen LogP contribution in [-0.4, -0.2) is 9.78 Å². The maximum Gasteiger partial charge on any atom is 0.220 e. The van der Waals surface area contributed by atoms with Crippen LogP contribution >= 0.6 is 0 Å². The van der Waals surface area contributed by atoms with Crippen molar-refractivity contribution in [3.8, 4) is 5.88 Å². The highest BCUT2D eigenvalue weighted by atomic mass is 16.3. The molecule has 0 aliphatic heterocycles. The van der Waals surface area contributed by atoms with E-state index in [1.165, 1.54) is 0 Å². The van der Waals surface area contributed by atoms with Crippen molar-refractivity contribution in [3.05, 3.63) is 48.9 Å². The third kappa shape index (κ3) is 0.956. The zero-order valence-corrected chi connectivity index (χ0v) is 7.42. The number of fused-ring (bicyclic) bond motifs is 1. The van der Waals surface area contributed by atoms with Crippen molar-refractivity contribution in [3.63, 3.8) is 0 Å². The standard InChI is InChI=1S/C11H8N2O/c1-2-5-10-9(4-1)8-12-13(10)11-6-3-7-14-11/h1-8H. The van der Waals surface area contributed by atoms with Crippen LogP contribution < -0.4 is 0 Å². The molecule has 0 spiro atoms. The molecule has 0 atom stereocenters. The van der Waals surface area contributed by atoms with Gasteiger partial charge in [-0.3, -0.25) is 0 Å². The molecule has 3 rings (SSSR count). The molecule has 0 aliphatic carbocycles. The number of furan rings is 1. The molecule has 14 heavy (non-hydrogen) atoms. The minimum Gasteiger partial charge on any atom is -0.447 e. The van der Waals surface area contributed by atoms with Gasteiger partial charge in [0.05, 0.1) is 18.0 Å². The van der Waals surface area contributed by atoms with Gasteiger partial charge in [-0.25, -0.2) is 4.68 Å². The highest BCUT2D eigenvalue weighted by molar-refractivity contribution is 5.79. The van der Waals surface area contributed by atoms with Crippen LogP contribution in [0.15, 0.2) is 53.3 Å². The molecule has 0 bridgehead atoms. The first kappa shape index (κ1) is 7.38. The predicted molar refractivity (Wildman–Crippen MR) is 53.3 cm³/mol. The Bertz CT molecular complexity index is 551. The molecule has 1 aromatic carbocycles. The third-order valence-corrected chi connectivity index (χ3v) is 2.19. The molecule has 3 heteroatoms. The molecule has 0 fully saturated rings. The topological polar surface area (TPSA) is 31.0 Å². The fourth-order valence-electron chi connectivity index (χ4n) is 1.54. The molecule has 0 radical (unpaired) electrons. The average Bonchev–Trinajstić information content (AvgIpc) is 2.85. The van der Waals surface area contributed by atoms with Crippen molar-refractivity contribution in [1.29, 1.82) is 0 Å². The second kappa shape index (κ2) is 2.73. The quantitative estimate of drug-likeness (QED) is 0.582. The van der Waals surface area contributed by atoms with E-state index < -0.39 is 0 Å². The summed E-state index contributed by atoms with van der Waals surface area (Å²) in [6.45, 7) is 0. The molecule has 0 N–H and O–H groups in total. The monoisotopic (exact) mass is 184 g/mol. The van der Waals surface area contributed by atoms with E-state index in [1.54, 1.807) is 10.9 Å². The smallest absolute Gasteiger partial charge is 0.220 e. The summed E-state index contributed by atoms with van der Waals surface area (Å²) in [6, 6.07) is 11.8. The molecule has 0 saturated heterocycles. The Hall–Kier alpha value is -2.03. The van der Waals surface area contributed by atoms with Gasteiger partial charge in [0.1, 0.15) is 0 Å². The van der Waals surface area contributed by atoms with Gasteiger partial charge in [0.2, 0.25) is 5.88 Å². The van der Waals surface area contributed by atoms with Crippen molar-refractivity contribution in [2.75, 3.05) is 0 Å². The van der Waals surface area contributed by atoms with Crippen molar-refractivity contribution in [2.24, 2.45) is 0 Å². The molecular formula is C11H8N2O. The van der Waals surface area contributed by atoms with E-state index >= 15 is 0 Å². The van der Waals surface area contributed by atoms with E-state index in [4.69, 9.17) is 4.42 Å². The Kier molecular flexibility index (Phi) is 1.44. The summed E-state index contributed by atoms with van der Waals surface area (Å²) >= 11 is 0. The van der Waals surface area contributed by atoms with E-state index in [2.05, 4.69) is 5.10 Å². The van der Waals surface area contributed by atoms with E-state index in [0.717, 1.165) is 16.8 Å². The van der Waals surface area contributed by atoms with Gasteiger partial charge in [0.25, 0.3) is 0 Å². The van der Waals surface area contributed by atoms with Gasteiger partial charge in [-0.15, -0.1) is 0 Å². The average molecular weight is 184 g/mol. The summed E-state index contributed by atoms with van der Waals surface area (Å²) in [5.74, 6) is 0.742. The molecule has 3 aromatic rings. The Morgan fingerprint density at radius 3 is 2.86 bits per heavy atom.